The molecule has 0 spiro atoms. The number of unbranched alkanes of at least 4 members (excludes halogenated alkanes) is 7. The molecule has 1 atom stereocenters. The van der Waals surface area contributed by atoms with Gasteiger partial charge in [0.1, 0.15) is 0 Å². The van der Waals surface area contributed by atoms with Crippen LogP contribution in [0.15, 0.2) is 0 Å². The maximum absolute atomic E-state index is 6.02. The fourth-order valence-corrected chi connectivity index (χ4v) is 2.60. The van der Waals surface area contributed by atoms with E-state index in [9.17, 15) is 0 Å². The normalized spacial score (nSPS) is 12.9. The molecule has 0 aromatic heterocycles. The molecule has 0 fully saturated rings. The summed E-state index contributed by atoms with van der Waals surface area (Å²) < 4.78 is 0. The summed E-state index contributed by atoms with van der Waals surface area (Å²) in [5.74, 6) is 2.35. The molecule has 16 heavy (non-hydrogen) atoms. The summed E-state index contributed by atoms with van der Waals surface area (Å²) in [5, 5.41) is 0. The Hall–Kier alpha value is 0.310. The Bertz CT molecular complexity index is 128. The van der Waals surface area contributed by atoms with Gasteiger partial charge in [-0.05, 0) is 12.2 Å². The van der Waals surface area contributed by atoms with E-state index in [4.69, 9.17) is 5.73 Å². The maximum atomic E-state index is 6.02. The van der Waals surface area contributed by atoms with Gasteiger partial charge in [0, 0.05) is 11.8 Å². The third-order valence-corrected chi connectivity index (χ3v) is 4.04. The van der Waals surface area contributed by atoms with Crippen molar-refractivity contribution in [3.8, 4) is 0 Å². The average molecular weight is 245 g/mol. The second-order valence-electron chi connectivity index (χ2n) is 4.68. The van der Waals surface area contributed by atoms with E-state index in [0.29, 0.717) is 6.04 Å². The minimum absolute atomic E-state index is 0.435. The smallest absolute Gasteiger partial charge is 0.0130 e. The Morgan fingerprint density at radius 3 is 2.00 bits per heavy atom. The Balaban J connectivity index is 3.02. The summed E-state index contributed by atoms with van der Waals surface area (Å²) >= 11 is 1.97. The number of thioether (sulfide) groups is 1. The van der Waals surface area contributed by atoms with Crippen LogP contribution in [0, 0.1) is 0 Å². The number of rotatable bonds is 12. The van der Waals surface area contributed by atoms with E-state index in [-0.39, 0.29) is 0 Å². The van der Waals surface area contributed by atoms with Crippen LogP contribution in [-0.4, -0.2) is 17.5 Å². The third kappa shape index (κ3) is 12.4. The van der Waals surface area contributed by atoms with E-state index >= 15 is 0 Å². The van der Waals surface area contributed by atoms with Crippen LogP contribution in [-0.2, 0) is 0 Å². The zero-order chi connectivity index (χ0) is 12.1. The highest BCUT2D eigenvalue weighted by Crippen LogP contribution is 2.11. The first-order valence-electron chi connectivity index (χ1n) is 7.14. The number of nitrogens with two attached hydrogens (primary N) is 1. The van der Waals surface area contributed by atoms with Crippen LogP contribution in [0.1, 0.15) is 71.6 Å². The molecule has 0 amide bonds. The van der Waals surface area contributed by atoms with Crippen molar-refractivity contribution in [2.24, 2.45) is 5.73 Å². The lowest BCUT2D eigenvalue weighted by Gasteiger charge is -2.10. The maximum Gasteiger partial charge on any atom is 0.0130 e. The zero-order valence-electron chi connectivity index (χ0n) is 11.3. The highest BCUT2D eigenvalue weighted by atomic mass is 32.2. The molecule has 0 aromatic carbocycles. The van der Waals surface area contributed by atoms with Crippen LogP contribution in [0.2, 0.25) is 0 Å². The summed E-state index contributed by atoms with van der Waals surface area (Å²) in [5.41, 5.74) is 6.02. The zero-order valence-corrected chi connectivity index (χ0v) is 12.2. The van der Waals surface area contributed by atoms with Gasteiger partial charge in [0.25, 0.3) is 0 Å². The van der Waals surface area contributed by atoms with E-state index in [1.165, 1.54) is 63.5 Å². The van der Waals surface area contributed by atoms with Gasteiger partial charge in [-0.15, -0.1) is 0 Å². The molecule has 0 saturated heterocycles. The summed E-state index contributed by atoms with van der Waals surface area (Å²) in [4.78, 5) is 0. The molecular weight excluding hydrogens is 214 g/mol. The molecule has 2 heteroatoms. The van der Waals surface area contributed by atoms with Crippen molar-refractivity contribution in [2.75, 3.05) is 11.5 Å². The minimum atomic E-state index is 0.435. The standard InChI is InChI=1S/C14H31NS/c1-3-5-6-7-8-9-10-11-12-14(15)13-16-4-2/h14H,3-13,15H2,1-2H3. The number of hydrogen-bond donors (Lipinski definition) is 1. The molecule has 0 bridgehead atoms. The van der Waals surface area contributed by atoms with Gasteiger partial charge < -0.3 is 5.73 Å². The molecule has 0 aromatic rings. The summed E-state index contributed by atoms with van der Waals surface area (Å²) in [7, 11) is 0. The van der Waals surface area contributed by atoms with Crippen LogP contribution in [0.3, 0.4) is 0 Å². The van der Waals surface area contributed by atoms with Gasteiger partial charge in [-0.1, -0.05) is 65.2 Å². The lowest BCUT2D eigenvalue weighted by molar-refractivity contribution is 0.543. The van der Waals surface area contributed by atoms with Crippen molar-refractivity contribution in [2.45, 2.75) is 77.7 Å². The molecule has 2 N–H and O–H groups in total. The topological polar surface area (TPSA) is 26.0 Å². The minimum Gasteiger partial charge on any atom is -0.327 e. The Labute approximate surface area is 107 Å². The van der Waals surface area contributed by atoms with Crippen LogP contribution < -0.4 is 5.73 Å². The van der Waals surface area contributed by atoms with Gasteiger partial charge in [-0.2, -0.15) is 11.8 Å². The second kappa shape index (κ2) is 13.4. The van der Waals surface area contributed by atoms with Gasteiger partial charge in [-0.25, -0.2) is 0 Å². The summed E-state index contributed by atoms with van der Waals surface area (Å²) in [6.45, 7) is 4.48. The fourth-order valence-electron chi connectivity index (χ4n) is 1.89. The van der Waals surface area contributed by atoms with Crippen molar-refractivity contribution in [3.63, 3.8) is 0 Å². The van der Waals surface area contributed by atoms with Crippen LogP contribution in [0.4, 0.5) is 0 Å². The monoisotopic (exact) mass is 245 g/mol. The first-order valence-corrected chi connectivity index (χ1v) is 8.30. The van der Waals surface area contributed by atoms with E-state index in [1.54, 1.807) is 0 Å². The Morgan fingerprint density at radius 2 is 1.44 bits per heavy atom. The van der Waals surface area contributed by atoms with Crippen molar-refractivity contribution in [1.29, 1.82) is 0 Å². The molecule has 0 aliphatic heterocycles. The fraction of sp³-hybridized carbons (Fsp3) is 1.00. The van der Waals surface area contributed by atoms with Crippen molar-refractivity contribution in [3.05, 3.63) is 0 Å². The molecule has 0 aliphatic carbocycles. The molecule has 0 saturated carbocycles. The molecule has 0 radical (unpaired) electrons. The molecular formula is C14H31NS. The van der Waals surface area contributed by atoms with Gasteiger partial charge in [0.05, 0.1) is 0 Å². The summed E-state index contributed by atoms with van der Waals surface area (Å²) in [6, 6.07) is 0.435. The molecule has 1 unspecified atom stereocenters. The van der Waals surface area contributed by atoms with Crippen molar-refractivity contribution < 1.29 is 0 Å². The van der Waals surface area contributed by atoms with E-state index < -0.39 is 0 Å². The quantitative estimate of drug-likeness (QED) is 0.509. The number of hydrogen-bond acceptors (Lipinski definition) is 2. The predicted octanol–water partition coefficient (Wildman–Crippen LogP) is 4.60. The van der Waals surface area contributed by atoms with E-state index in [2.05, 4.69) is 13.8 Å². The van der Waals surface area contributed by atoms with Gasteiger partial charge in [-0.3, -0.25) is 0 Å². The molecule has 0 aliphatic rings. The Morgan fingerprint density at radius 1 is 0.875 bits per heavy atom. The predicted molar refractivity (Wildman–Crippen MR) is 78.2 cm³/mol. The first-order chi connectivity index (χ1) is 7.81. The molecule has 0 heterocycles. The second-order valence-corrected chi connectivity index (χ2v) is 6.00. The van der Waals surface area contributed by atoms with Gasteiger partial charge >= 0.3 is 0 Å². The van der Waals surface area contributed by atoms with Crippen LogP contribution >= 0.6 is 11.8 Å². The van der Waals surface area contributed by atoms with E-state index in [0.717, 1.165) is 5.75 Å². The van der Waals surface area contributed by atoms with E-state index in [1.807, 2.05) is 11.8 Å². The van der Waals surface area contributed by atoms with Gasteiger partial charge in [0.15, 0.2) is 0 Å². The van der Waals surface area contributed by atoms with Crippen molar-refractivity contribution >= 4 is 11.8 Å². The SMILES string of the molecule is CCCCCCCCCCC(N)CSCC. The first kappa shape index (κ1) is 16.3. The summed E-state index contributed by atoms with van der Waals surface area (Å²) in [6.07, 6.45) is 12.4. The lowest BCUT2D eigenvalue weighted by atomic mass is 10.1. The molecule has 0 rings (SSSR count). The third-order valence-electron chi connectivity index (χ3n) is 2.96. The lowest BCUT2D eigenvalue weighted by Crippen LogP contribution is -2.22. The van der Waals surface area contributed by atoms with Crippen molar-refractivity contribution in [1.82, 2.24) is 0 Å². The van der Waals surface area contributed by atoms with Crippen LogP contribution in [0.25, 0.3) is 0 Å². The average Bonchev–Trinajstić information content (AvgIpc) is 2.30. The molecule has 1 nitrogen and oxygen atoms in total. The highest BCUT2D eigenvalue weighted by molar-refractivity contribution is 7.99. The van der Waals surface area contributed by atoms with Crippen LogP contribution in [0.5, 0.6) is 0 Å². The molecule has 98 valence electrons. The van der Waals surface area contributed by atoms with Gasteiger partial charge in [0.2, 0.25) is 0 Å². The highest BCUT2D eigenvalue weighted by Gasteiger charge is 2.01. The Kier molecular flexibility index (Phi) is 13.6. The largest absolute Gasteiger partial charge is 0.327 e.